The van der Waals surface area contributed by atoms with E-state index < -0.39 is 0 Å². The Kier molecular flexibility index (Phi) is 0.546. The highest BCUT2D eigenvalue weighted by atomic mass is 32.1. The van der Waals surface area contributed by atoms with E-state index in [0.29, 0.717) is 0 Å². The largest absolute Gasteiger partial charge is 0.379 e. The number of thiocarbonyl (C=S) groups is 1. The summed E-state index contributed by atoms with van der Waals surface area (Å²) in [5.41, 5.74) is 0. The predicted molar refractivity (Wildman–Crippen MR) is 32.2 cm³/mol. The van der Waals surface area contributed by atoms with Crippen molar-refractivity contribution < 1.29 is 0 Å². The second-order valence-corrected chi connectivity index (χ2v) is 2.79. The number of fused-ring (bicyclic) bond motifs is 1. The van der Waals surface area contributed by atoms with E-state index in [9.17, 15) is 0 Å². The number of rotatable bonds is 0. The van der Waals surface area contributed by atoms with E-state index in [2.05, 4.69) is 5.32 Å². The lowest BCUT2D eigenvalue weighted by molar-refractivity contribution is 0.819. The van der Waals surface area contributed by atoms with Crippen LogP contribution in [0.2, 0.25) is 0 Å². The SMILES string of the molecule is S=C1NCC2CC12. The first kappa shape index (κ1) is 3.84. The smallest absolute Gasteiger partial charge is 0.0788 e. The van der Waals surface area contributed by atoms with Gasteiger partial charge in [0.15, 0.2) is 0 Å². The van der Waals surface area contributed by atoms with E-state index in [1.54, 1.807) is 0 Å². The van der Waals surface area contributed by atoms with Crippen LogP contribution in [0.1, 0.15) is 6.42 Å². The first-order chi connectivity index (χ1) is 3.38. The maximum absolute atomic E-state index is 4.97. The van der Waals surface area contributed by atoms with E-state index in [1.165, 1.54) is 6.42 Å². The number of hydrogen-bond donors (Lipinski definition) is 1. The monoisotopic (exact) mass is 113 g/mol. The molecule has 7 heavy (non-hydrogen) atoms. The lowest BCUT2D eigenvalue weighted by atomic mass is 10.4. The molecule has 2 heteroatoms. The van der Waals surface area contributed by atoms with Crippen LogP contribution in [0.15, 0.2) is 0 Å². The van der Waals surface area contributed by atoms with Crippen molar-refractivity contribution in [1.29, 1.82) is 0 Å². The van der Waals surface area contributed by atoms with Crippen LogP contribution in [0.5, 0.6) is 0 Å². The van der Waals surface area contributed by atoms with Gasteiger partial charge >= 0.3 is 0 Å². The van der Waals surface area contributed by atoms with Crippen molar-refractivity contribution in [2.45, 2.75) is 6.42 Å². The van der Waals surface area contributed by atoms with Gasteiger partial charge < -0.3 is 5.32 Å². The molecule has 1 aliphatic heterocycles. The fourth-order valence-corrected chi connectivity index (χ4v) is 1.53. The van der Waals surface area contributed by atoms with Crippen LogP contribution in [0.3, 0.4) is 0 Å². The summed E-state index contributed by atoms with van der Waals surface area (Å²) in [5.74, 6) is 1.74. The molecule has 0 bridgehead atoms. The van der Waals surface area contributed by atoms with Gasteiger partial charge in [-0.05, 0) is 12.3 Å². The average Bonchev–Trinajstić information content (AvgIpc) is 2.33. The van der Waals surface area contributed by atoms with Gasteiger partial charge in [0.2, 0.25) is 0 Å². The highest BCUT2D eigenvalue weighted by Crippen LogP contribution is 2.42. The highest BCUT2D eigenvalue weighted by molar-refractivity contribution is 7.80. The molecular formula is C5H7NS. The van der Waals surface area contributed by atoms with E-state index in [4.69, 9.17) is 12.2 Å². The Bertz CT molecular complexity index is 121. The molecule has 1 saturated carbocycles. The third kappa shape index (κ3) is 0.402. The maximum atomic E-state index is 4.97. The molecule has 2 fully saturated rings. The Morgan fingerprint density at radius 1 is 1.71 bits per heavy atom. The summed E-state index contributed by atoms with van der Waals surface area (Å²) in [4.78, 5) is 1.12. The maximum Gasteiger partial charge on any atom is 0.0788 e. The second-order valence-electron chi connectivity index (χ2n) is 2.35. The predicted octanol–water partition coefficient (Wildman–Crippen LogP) is 0.553. The molecule has 0 amide bonds. The standard InChI is InChI=1S/C5H7NS/c7-5-4-1-3(4)2-6-5/h3-4H,1-2H2,(H,6,7). The van der Waals surface area contributed by atoms with Crippen molar-refractivity contribution >= 4 is 17.2 Å². The van der Waals surface area contributed by atoms with Gasteiger partial charge in [0.25, 0.3) is 0 Å². The van der Waals surface area contributed by atoms with Crippen LogP contribution in [0, 0.1) is 11.8 Å². The lowest BCUT2D eigenvalue weighted by Gasteiger charge is -1.93. The van der Waals surface area contributed by atoms with Crippen molar-refractivity contribution in [2.24, 2.45) is 11.8 Å². The zero-order chi connectivity index (χ0) is 4.85. The molecule has 1 N–H and O–H groups in total. The van der Waals surface area contributed by atoms with E-state index >= 15 is 0 Å². The number of piperidine rings is 1. The van der Waals surface area contributed by atoms with E-state index in [1.807, 2.05) is 0 Å². The molecule has 0 aromatic heterocycles. The molecule has 1 aliphatic carbocycles. The molecule has 0 aromatic rings. The molecule has 38 valence electrons. The highest BCUT2D eigenvalue weighted by Gasteiger charge is 2.44. The number of hydrogen-bond acceptors (Lipinski definition) is 1. The van der Waals surface area contributed by atoms with E-state index in [-0.39, 0.29) is 0 Å². The summed E-state index contributed by atoms with van der Waals surface area (Å²) in [6, 6.07) is 0. The Hall–Kier alpha value is -0.110. The summed E-state index contributed by atoms with van der Waals surface area (Å²) in [6.45, 7) is 1.16. The average molecular weight is 113 g/mol. The van der Waals surface area contributed by atoms with Gasteiger partial charge in [-0.2, -0.15) is 0 Å². The second kappa shape index (κ2) is 0.996. The minimum Gasteiger partial charge on any atom is -0.379 e. The van der Waals surface area contributed by atoms with Crippen LogP contribution < -0.4 is 5.32 Å². The summed E-state index contributed by atoms with van der Waals surface area (Å²) in [6.07, 6.45) is 1.37. The molecule has 0 spiro atoms. The summed E-state index contributed by atoms with van der Waals surface area (Å²) >= 11 is 4.97. The van der Waals surface area contributed by atoms with Gasteiger partial charge in [0.05, 0.1) is 4.99 Å². The molecule has 2 rings (SSSR count). The van der Waals surface area contributed by atoms with Crippen LogP contribution in [0.4, 0.5) is 0 Å². The molecule has 1 saturated heterocycles. The van der Waals surface area contributed by atoms with Crippen molar-refractivity contribution in [3.63, 3.8) is 0 Å². The van der Waals surface area contributed by atoms with Gasteiger partial charge in [-0.3, -0.25) is 0 Å². The minimum atomic E-state index is 0.801. The van der Waals surface area contributed by atoms with Crippen LogP contribution in [-0.4, -0.2) is 11.5 Å². The van der Waals surface area contributed by atoms with Crippen LogP contribution in [0.25, 0.3) is 0 Å². The van der Waals surface area contributed by atoms with Crippen LogP contribution >= 0.6 is 12.2 Å². The normalized spacial score (nSPS) is 45.4. The Balaban J connectivity index is 2.21. The van der Waals surface area contributed by atoms with E-state index in [0.717, 1.165) is 23.4 Å². The summed E-state index contributed by atoms with van der Waals surface area (Å²) < 4.78 is 0. The van der Waals surface area contributed by atoms with Crippen molar-refractivity contribution in [1.82, 2.24) is 5.32 Å². The zero-order valence-electron chi connectivity index (χ0n) is 3.98. The van der Waals surface area contributed by atoms with Gasteiger partial charge in [0.1, 0.15) is 0 Å². The molecule has 0 radical (unpaired) electrons. The van der Waals surface area contributed by atoms with Crippen LogP contribution in [-0.2, 0) is 0 Å². The topological polar surface area (TPSA) is 12.0 Å². The Labute approximate surface area is 48.1 Å². The third-order valence-corrected chi connectivity index (χ3v) is 2.24. The quantitative estimate of drug-likeness (QED) is 0.460. The first-order valence-electron chi connectivity index (χ1n) is 2.65. The van der Waals surface area contributed by atoms with Crippen molar-refractivity contribution in [2.75, 3.05) is 6.54 Å². The molecule has 2 aliphatic rings. The summed E-state index contributed by atoms with van der Waals surface area (Å²) in [5, 5.41) is 3.15. The Morgan fingerprint density at radius 3 is 2.71 bits per heavy atom. The number of nitrogens with one attached hydrogen (secondary N) is 1. The fourth-order valence-electron chi connectivity index (χ4n) is 1.16. The van der Waals surface area contributed by atoms with Crippen molar-refractivity contribution in [3.8, 4) is 0 Å². The molecule has 2 unspecified atom stereocenters. The zero-order valence-corrected chi connectivity index (χ0v) is 4.79. The Morgan fingerprint density at radius 2 is 2.57 bits per heavy atom. The van der Waals surface area contributed by atoms with Gasteiger partial charge in [-0.15, -0.1) is 0 Å². The molecule has 0 aromatic carbocycles. The lowest BCUT2D eigenvalue weighted by Crippen LogP contribution is -2.16. The van der Waals surface area contributed by atoms with Gasteiger partial charge in [0, 0.05) is 12.5 Å². The van der Waals surface area contributed by atoms with Crippen molar-refractivity contribution in [3.05, 3.63) is 0 Å². The first-order valence-corrected chi connectivity index (χ1v) is 3.06. The third-order valence-electron chi connectivity index (χ3n) is 1.80. The molecular weight excluding hydrogens is 106 g/mol. The minimum absolute atomic E-state index is 0.801. The molecule has 2 atom stereocenters. The molecule has 1 heterocycles. The molecule has 1 nitrogen and oxygen atoms in total. The van der Waals surface area contributed by atoms with Gasteiger partial charge in [-0.25, -0.2) is 0 Å². The summed E-state index contributed by atoms with van der Waals surface area (Å²) in [7, 11) is 0. The fraction of sp³-hybridized carbons (Fsp3) is 0.800. The van der Waals surface area contributed by atoms with Gasteiger partial charge in [-0.1, -0.05) is 12.2 Å².